The minimum absolute atomic E-state index is 0.0309. The van der Waals surface area contributed by atoms with E-state index >= 15 is 0 Å². The monoisotopic (exact) mass is 365 g/mol. The number of halogens is 1. The molecular formula is C21H36FN3O. The fraction of sp³-hybridized carbons (Fsp3) is 0.952. The van der Waals surface area contributed by atoms with E-state index in [4.69, 9.17) is 0 Å². The van der Waals surface area contributed by atoms with E-state index < -0.39 is 6.17 Å². The van der Waals surface area contributed by atoms with E-state index in [1.54, 1.807) is 0 Å². The summed E-state index contributed by atoms with van der Waals surface area (Å²) in [5, 5.41) is 10.3. The summed E-state index contributed by atoms with van der Waals surface area (Å²) in [6.45, 7) is 4.49. The highest BCUT2D eigenvalue weighted by Gasteiger charge is 2.46. The average molecular weight is 366 g/mol. The highest BCUT2D eigenvalue weighted by atomic mass is 19.1. The molecule has 0 radical (unpaired) electrons. The second-order valence-corrected chi connectivity index (χ2v) is 9.43. The normalized spacial score (nSPS) is 44.5. The third-order valence-corrected chi connectivity index (χ3v) is 7.77. The van der Waals surface area contributed by atoms with E-state index in [1.807, 2.05) is 0 Å². The molecule has 2 heterocycles. The van der Waals surface area contributed by atoms with Gasteiger partial charge in [0.25, 0.3) is 0 Å². The quantitative estimate of drug-likeness (QED) is 0.721. The van der Waals surface area contributed by atoms with Crippen molar-refractivity contribution in [2.24, 2.45) is 23.7 Å². The van der Waals surface area contributed by atoms with Gasteiger partial charge in [-0.05, 0) is 75.8 Å². The summed E-state index contributed by atoms with van der Waals surface area (Å²) in [6.07, 6.45) is 8.91. The van der Waals surface area contributed by atoms with Gasteiger partial charge in [0.05, 0.1) is 6.04 Å². The van der Waals surface area contributed by atoms with Crippen molar-refractivity contribution in [2.75, 3.05) is 13.1 Å². The van der Waals surface area contributed by atoms with Crippen LogP contribution in [0.4, 0.5) is 4.39 Å². The Bertz CT molecular complexity index is 478. The fourth-order valence-corrected chi connectivity index (χ4v) is 6.20. The lowest BCUT2D eigenvalue weighted by Crippen LogP contribution is -2.49. The predicted molar refractivity (Wildman–Crippen MR) is 102 cm³/mol. The Hall–Kier alpha value is -0.680. The van der Waals surface area contributed by atoms with Gasteiger partial charge in [0.1, 0.15) is 6.17 Å². The molecule has 0 bridgehead atoms. The Kier molecular flexibility index (Phi) is 5.84. The Morgan fingerprint density at radius 3 is 2.58 bits per heavy atom. The van der Waals surface area contributed by atoms with Gasteiger partial charge in [0, 0.05) is 18.0 Å². The third-order valence-electron chi connectivity index (χ3n) is 7.77. The lowest BCUT2D eigenvalue weighted by molar-refractivity contribution is -0.124. The molecule has 2 aliphatic heterocycles. The highest BCUT2D eigenvalue weighted by molar-refractivity contribution is 5.82. The van der Waals surface area contributed by atoms with Crippen molar-refractivity contribution in [3.05, 3.63) is 0 Å². The second-order valence-electron chi connectivity index (χ2n) is 9.43. The molecule has 2 aliphatic carbocycles. The summed E-state index contributed by atoms with van der Waals surface area (Å²) in [6, 6.07) is 0.311. The van der Waals surface area contributed by atoms with Crippen LogP contribution >= 0.6 is 0 Å². The molecule has 0 spiro atoms. The molecule has 4 nitrogen and oxygen atoms in total. The van der Waals surface area contributed by atoms with Gasteiger partial charge < -0.3 is 16.0 Å². The standard InChI is InChI=1S/C21H36FN3O/c1-13-5-6-18(22)17-12-19(25-20(13)17)21(26)24-16-4-2-3-15(11-16)14-7-9-23-10-8-14/h13-20,23,25H,2-12H2,1H3,(H,24,26). The first-order valence-electron chi connectivity index (χ1n) is 11.0. The molecular weight excluding hydrogens is 329 g/mol. The summed E-state index contributed by atoms with van der Waals surface area (Å²) >= 11 is 0. The van der Waals surface area contributed by atoms with Crippen molar-refractivity contribution in [1.82, 2.24) is 16.0 Å². The van der Waals surface area contributed by atoms with E-state index in [0.717, 1.165) is 44.2 Å². The van der Waals surface area contributed by atoms with Gasteiger partial charge in [-0.1, -0.05) is 19.8 Å². The van der Waals surface area contributed by atoms with Crippen LogP contribution in [-0.4, -0.2) is 43.3 Å². The molecule has 7 unspecified atom stereocenters. The van der Waals surface area contributed by atoms with Crippen molar-refractivity contribution in [3.8, 4) is 0 Å². The molecule has 4 fully saturated rings. The number of hydrogen-bond donors (Lipinski definition) is 3. The van der Waals surface area contributed by atoms with Gasteiger partial charge in [-0.15, -0.1) is 0 Å². The number of hydrogen-bond acceptors (Lipinski definition) is 3. The number of alkyl halides is 1. The third kappa shape index (κ3) is 3.94. The van der Waals surface area contributed by atoms with Gasteiger partial charge in [0.15, 0.2) is 0 Å². The molecule has 4 rings (SSSR count). The van der Waals surface area contributed by atoms with Crippen molar-refractivity contribution in [2.45, 2.75) is 89.0 Å². The van der Waals surface area contributed by atoms with Gasteiger partial charge in [-0.25, -0.2) is 4.39 Å². The SMILES string of the molecule is CC1CCC(F)C2CC(C(=O)NC3CCCC(C4CCNCC4)C3)NC12. The van der Waals surface area contributed by atoms with Crippen LogP contribution in [0.2, 0.25) is 0 Å². The van der Waals surface area contributed by atoms with E-state index in [1.165, 1.54) is 25.7 Å². The minimum Gasteiger partial charge on any atom is -0.352 e. The number of carbonyl (C=O) groups excluding carboxylic acids is 1. The molecule has 7 atom stereocenters. The van der Waals surface area contributed by atoms with Gasteiger partial charge in [0.2, 0.25) is 5.91 Å². The maximum absolute atomic E-state index is 14.3. The summed E-state index contributed by atoms with van der Waals surface area (Å²) in [7, 11) is 0. The summed E-state index contributed by atoms with van der Waals surface area (Å²) < 4.78 is 14.3. The fourth-order valence-electron chi connectivity index (χ4n) is 6.20. The molecule has 0 aromatic heterocycles. The zero-order chi connectivity index (χ0) is 18.1. The Morgan fingerprint density at radius 1 is 1.00 bits per heavy atom. The molecule has 3 N–H and O–H groups in total. The van der Waals surface area contributed by atoms with Crippen molar-refractivity contribution < 1.29 is 9.18 Å². The zero-order valence-corrected chi connectivity index (χ0v) is 16.2. The smallest absolute Gasteiger partial charge is 0.237 e. The molecule has 1 amide bonds. The predicted octanol–water partition coefficient (Wildman–Crippen LogP) is 2.78. The average Bonchev–Trinajstić information content (AvgIpc) is 3.13. The first kappa shape index (κ1) is 18.7. The van der Waals surface area contributed by atoms with Crippen LogP contribution in [0, 0.1) is 23.7 Å². The Morgan fingerprint density at radius 2 is 1.81 bits per heavy atom. The van der Waals surface area contributed by atoms with Crippen LogP contribution in [0.15, 0.2) is 0 Å². The van der Waals surface area contributed by atoms with Crippen LogP contribution in [0.3, 0.4) is 0 Å². The Labute approximate surface area is 157 Å². The molecule has 0 aromatic rings. The van der Waals surface area contributed by atoms with Gasteiger partial charge >= 0.3 is 0 Å². The topological polar surface area (TPSA) is 53.2 Å². The summed E-state index contributed by atoms with van der Waals surface area (Å²) in [5.41, 5.74) is 0. The summed E-state index contributed by atoms with van der Waals surface area (Å²) in [4.78, 5) is 12.8. The van der Waals surface area contributed by atoms with E-state index in [-0.39, 0.29) is 23.9 Å². The second kappa shape index (κ2) is 8.14. The largest absolute Gasteiger partial charge is 0.352 e. The van der Waals surface area contributed by atoms with Crippen LogP contribution in [0.5, 0.6) is 0 Å². The lowest BCUT2D eigenvalue weighted by atomic mass is 9.74. The molecule has 26 heavy (non-hydrogen) atoms. The maximum atomic E-state index is 14.3. The molecule has 4 aliphatic rings. The number of rotatable bonds is 3. The van der Waals surface area contributed by atoms with E-state index in [2.05, 4.69) is 22.9 Å². The van der Waals surface area contributed by atoms with E-state index in [9.17, 15) is 9.18 Å². The number of nitrogens with one attached hydrogen (secondary N) is 3. The number of fused-ring (bicyclic) bond motifs is 1. The molecule has 5 heteroatoms. The zero-order valence-electron chi connectivity index (χ0n) is 16.2. The molecule has 148 valence electrons. The number of carbonyl (C=O) groups is 1. The van der Waals surface area contributed by atoms with Gasteiger partial charge in [-0.2, -0.15) is 0 Å². The highest BCUT2D eigenvalue weighted by Crippen LogP contribution is 2.39. The molecule has 2 saturated carbocycles. The molecule has 0 aromatic carbocycles. The van der Waals surface area contributed by atoms with Crippen LogP contribution in [0.1, 0.15) is 64.7 Å². The molecule has 2 saturated heterocycles. The Balaban J connectivity index is 1.30. The maximum Gasteiger partial charge on any atom is 0.237 e. The van der Waals surface area contributed by atoms with Crippen molar-refractivity contribution in [3.63, 3.8) is 0 Å². The van der Waals surface area contributed by atoms with Crippen LogP contribution in [0.25, 0.3) is 0 Å². The van der Waals surface area contributed by atoms with E-state index in [0.29, 0.717) is 24.8 Å². The lowest BCUT2D eigenvalue weighted by Gasteiger charge is -2.37. The van der Waals surface area contributed by atoms with Crippen LogP contribution in [-0.2, 0) is 4.79 Å². The van der Waals surface area contributed by atoms with Crippen molar-refractivity contribution >= 4 is 5.91 Å². The minimum atomic E-state index is -0.736. The summed E-state index contributed by atoms with van der Waals surface area (Å²) in [5.74, 6) is 2.23. The van der Waals surface area contributed by atoms with Crippen LogP contribution < -0.4 is 16.0 Å². The first-order chi connectivity index (χ1) is 12.6. The van der Waals surface area contributed by atoms with Crippen molar-refractivity contribution in [1.29, 1.82) is 0 Å². The first-order valence-corrected chi connectivity index (χ1v) is 11.0. The van der Waals surface area contributed by atoms with Gasteiger partial charge in [-0.3, -0.25) is 4.79 Å². The number of amides is 1. The number of piperidine rings is 1.